The Balaban J connectivity index is 1.40. The molecule has 1 aromatic carbocycles. The fourth-order valence-electron chi connectivity index (χ4n) is 3.96. The monoisotopic (exact) mass is 356 g/mol. The van der Waals surface area contributed by atoms with Crippen LogP contribution in [-0.4, -0.2) is 46.2 Å². The molecule has 0 aliphatic carbocycles. The van der Waals surface area contributed by atoms with Gasteiger partial charge >= 0.3 is 0 Å². The number of piperidine rings is 1. The van der Waals surface area contributed by atoms with Crippen LogP contribution in [0.4, 0.5) is 10.3 Å². The maximum atomic E-state index is 14.1. The van der Waals surface area contributed by atoms with Gasteiger partial charge in [0.25, 0.3) is 0 Å². The van der Waals surface area contributed by atoms with E-state index in [9.17, 15) is 9.50 Å². The standard InChI is InChI=1S/C20H25FN4O/c21-18-6-2-1-5-17(18)20(26)8-13-24(14-9-20)15-16-7-10-22-19(23-16)25-11-3-4-12-25/h1-2,5-7,10,26H,3-4,8-9,11-15H2. The molecule has 0 radical (unpaired) electrons. The fraction of sp³-hybridized carbons (Fsp3) is 0.500. The Bertz CT molecular complexity index is 755. The van der Waals surface area contributed by atoms with Gasteiger partial charge in [-0.2, -0.15) is 0 Å². The van der Waals surface area contributed by atoms with Gasteiger partial charge in [-0.3, -0.25) is 4.90 Å². The van der Waals surface area contributed by atoms with Crippen molar-refractivity contribution < 1.29 is 9.50 Å². The second-order valence-electron chi connectivity index (χ2n) is 7.33. The van der Waals surface area contributed by atoms with Crippen molar-refractivity contribution in [2.45, 2.75) is 37.8 Å². The van der Waals surface area contributed by atoms with Crippen LogP contribution in [0.2, 0.25) is 0 Å². The molecule has 0 atom stereocenters. The third-order valence-electron chi connectivity index (χ3n) is 5.53. The second-order valence-corrected chi connectivity index (χ2v) is 7.33. The molecule has 0 spiro atoms. The van der Waals surface area contributed by atoms with Crippen molar-refractivity contribution in [1.29, 1.82) is 0 Å². The average molecular weight is 356 g/mol. The quantitative estimate of drug-likeness (QED) is 0.913. The van der Waals surface area contributed by atoms with Gasteiger partial charge in [-0.05, 0) is 37.8 Å². The van der Waals surface area contributed by atoms with Crippen molar-refractivity contribution in [1.82, 2.24) is 14.9 Å². The van der Waals surface area contributed by atoms with E-state index in [0.29, 0.717) is 31.5 Å². The number of anilines is 1. The summed E-state index contributed by atoms with van der Waals surface area (Å²) in [4.78, 5) is 13.6. The number of halogens is 1. The summed E-state index contributed by atoms with van der Waals surface area (Å²) in [5.41, 5.74) is 0.338. The lowest BCUT2D eigenvalue weighted by Crippen LogP contribution is -2.42. The van der Waals surface area contributed by atoms with E-state index in [-0.39, 0.29) is 5.82 Å². The maximum Gasteiger partial charge on any atom is 0.225 e. The van der Waals surface area contributed by atoms with E-state index >= 15 is 0 Å². The van der Waals surface area contributed by atoms with Crippen LogP contribution in [0, 0.1) is 5.82 Å². The molecular formula is C20H25FN4O. The van der Waals surface area contributed by atoms with E-state index in [2.05, 4.69) is 14.8 Å². The zero-order chi connectivity index (χ0) is 18.0. The number of aromatic nitrogens is 2. The molecule has 138 valence electrons. The molecule has 2 aliphatic rings. The summed E-state index contributed by atoms with van der Waals surface area (Å²) in [6.45, 7) is 4.23. The molecule has 26 heavy (non-hydrogen) atoms. The van der Waals surface area contributed by atoms with Gasteiger partial charge in [0.05, 0.1) is 11.3 Å². The fourth-order valence-corrected chi connectivity index (χ4v) is 3.96. The van der Waals surface area contributed by atoms with E-state index in [4.69, 9.17) is 4.98 Å². The predicted octanol–water partition coefficient (Wildman–Crippen LogP) is 2.70. The summed E-state index contributed by atoms with van der Waals surface area (Å²) in [5.74, 6) is 0.495. The number of nitrogens with zero attached hydrogens (tertiary/aromatic N) is 4. The summed E-state index contributed by atoms with van der Waals surface area (Å²) >= 11 is 0. The van der Waals surface area contributed by atoms with Gasteiger partial charge in [0.2, 0.25) is 5.95 Å². The van der Waals surface area contributed by atoms with E-state index in [1.165, 1.54) is 18.9 Å². The SMILES string of the molecule is OC1(c2ccccc2F)CCN(Cc2ccnc(N3CCCC3)n2)CC1. The van der Waals surface area contributed by atoms with Crippen LogP contribution in [0.15, 0.2) is 36.5 Å². The van der Waals surface area contributed by atoms with E-state index < -0.39 is 5.60 Å². The number of likely N-dealkylation sites (tertiary alicyclic amines) is 1. The van der Waals surface area contributed by atoms with Crippen LogP contribution in [0.3, 0.4) is 0 Å². The molecular weight excluding hydrogens is 331 g/mol. The highest BCUT2D eigenvalue weighted by Crippen LogP contribution is 2.34. The maximum absolute atomic E-state index is 14.1. The van der Waals surface area contributed by atoms with Gasteiger partial charge in [-0.25, -0.2) is 14.4 Å². The molecule has 2 aliphatic heterocycles. The predicted molar refractivity (Wildman–Crippen MR) is 98.3 cm³/mol. The van der Waals surface area contributed by atoms with Crippen LogP contribution in [0.1, 0.15) is 36.9 Å². The van der Waals surface area contributed by atoms with Crippen molar-refractivity contribution in [3.8, 4) is 0 Å². The lowest BCUT2D eigenvalue weighted by Gasteiger charge is -2.38. The molecule has 0 saturated carbocycles. The van der Waals surface area contributed by atoms with Crippen molar-refractivity contribution in [3.63, 3.8) is 0 Å². The lowest BCUT2D eigenvalue weighted by atomic mass is 9.84. The Morgan fingerprint density at radius 2 is 1.77 bits per heavy atom. The number of benzene rings is 1. The minimum absolute atomic E-state index is 0.325. The van der Waals surface area contributed by atoms with Crippen LogP contribution in [0.5, 0.6) is 0 Å². The Hall–Kier alpha value is -2.05. The summed E-state index contributed by atoms with van der Waals surface area (Å²) in [5, 5.41) is 10.9. The van der Waals surface area contributed by atoms with Crippen LogP contribution >= 0.6 is 0 Å². The first kappa shape index (κ1) is 17.4. The third kappa shape index (κ3) is 3.57. The highest BCUT2D eigenvalue weighted by Gasteiger charge is 2.35. The largest absolute Gasteiger partial charge is 0.385 e. The first-order valence-corrected chi connectivity index (χ1v) is 9.41. The summed E-state index contributed by atoms with van der Waals surface area (Å²) < 4.78 is 14.1. The Kier molecular flexibility index (Phi) is 4.87. The average Bonchev–Trinajstić information content (AvgIpc) is 3.19. The van der Waals surface area contributed by atoms with Crippen molar-refractivity contribution in [3.05, 3.63) is 53.6 Å². The molecule has 0 unspecified atom stereocenters. The van der Waals surface area contributed by atoms with E-state index in [0.717, 1.165) is 31.3 Å². The van der Waals surface area contributed by atoms with Gasteiger partial charge in [-0.15, -0.1) is 0 Å². The molecule has 1 aromatic heterocycles. The molecule has 4 rings (SSSR count). The molecule has 0 amide bonds. The summed E-state index contributed by atoms with van der Waals surface area (Å²) in [6.07, 6.45) is 5.29. The summed E-state index contributed by atoms with van der Waals surface area (Å²) in [6, 6.07) is 8.50. The van der Waals surface area contributed by atoms with Crippen molar-refractivity contribution >= 4 is 5.95 Å². The Morgan fingerprint density at radius 3 is 2.50 bits per heavy atom. The molecule has 6 heteroatoms. The normalized spacial score (nSPS) is 20.5. The van der Waals surface area contributed by atoms with E-state index in [1.807, 2.05) is 12.3 Å². The highest BCUT2D eigenvalue weighted by atomic mass is 19.1. The topological polar surface area (TPSA) is 52.5 Å². The van der Waals surface area contributed by atoms with Crippen LogP contribution in [0.25, 0.3) is 0 Å². The second kappa shape index (κ2) is 7.29. The summed E-state index contributed by atoms with van der Waals surface area (Å²) in [7, 11) is 0. The smallest absolute Gasteiger partial charge is 0.225 e. The van der Waals surface area contributed by atoms with Crippen LogP contribution < -0.4 is 4.90 Å². The molecule has 2 aromatic rings. The first-order valence-electron chi connectivity index (χ1n) is 9.41. The minimum Gasteiger partial charge on any atom is -0.385 e. The van der Waals surface area contributed by atoms with Crippen molar-refractivity contribution in [2.75, 3.05) is 31.1 Å². The third-order valence-corrected chi connectivity index (χ3v) is 5.53. The van der Waals surface area contributed by atoms with E-state index in [1.54, 1.807) is 18.2 Å². The molecule has 5 nitrogen and oxygen atoms in total. The van der Waals surface area contributed by atoms with Gasteiger partial charge in [0.1, 0.15) is 5.82 Å². The molecule has 0 bridgehead atoms. The van der Waals surface area contributed by atoms with Gasteiger partial charge in [0, 0.05) is 44.5 Å². The highest BCUT2D eigenvalue weighted by molar-refractivity contribution is 5.31. The number of aliphatic hydroxyl groups is 1. The molecule has 1 N–H and O–H groups in total. The van der Waals surface area contributed by atoms with Gasteiger partial charge in [-0.1, -0.05) is 18.2 Å². The lowest BCUT2D eigenvalue weighted by molar-refractivity contribution is -0.0305. The number of hydrogen-bond acceptors (Lipinski definition) is 5. The number of rotatable bonds is 4. The molecule has 2 saturated heterocycles. The van der Waals surface area contributed by atoms with Crippen LogP contribution in [-0.2, 0) is 12.1 Å². The number of hydrogen-bond donors (Lipinski definition) is 1. The first-order chi connectivity index (χ1) is 12.6. The zero-order valence-electron chi connectivity index (χ0n) is 14.9. The molecule has 2 fully saturated rings. The molecule has 3 heterocycles. The Morgan fingerprint density at radius 1 is 1.04 bits per heavy atom. The Labute approximate surface area is 153 Å². The van der Waals surface area contributed by atoms with Gasteiger partial charge < -0.3 is 10.0 Å². The van der Waals surface area contributed by atoms with Gasteiger partial charge in [0.15, 0.2) is 0 Å². The minimum atomic E-state index is -1.08. The zero-order valence-corrected chi connectivity index (χ0v) is 14.9. The van der Waals surface area contributed by atoms with Crippen molar-refractivity contribution in [2.24, 2.45) is 0 Å².